The van der Waals surface area contributed by atoms with Gasteiger partial charge >= 0.3 is 0 Å². The van der Waals surface area contributed by atoms with Crippen molar-refractivity contribution in [2.45, 2.75) is 26.1 Å². The predicted octanol–water partition coefficient (Wildman–Crippen LogP) is 1.84. The lowest BCUT2D eigenvalue weighted by Crippen LogP contribution is -1.97. The molecule has 0 fully saturated rings. The average molecular weight is 247 g/mol. The van der Waals surface area contributed by atoms with Crippen molar-refractivity contribution in [1.29, 1.82) is 0 Å². The van der Waals surface area contributed by atoms with Gasteiger partial charge in [-0.25, -0.2) is 0 Å². The standard InChI is InChI=1S/C13H17N3O2/c1-3-13(17)10-4-6-12(7-5-10)18-9-11-8-16(2)15-14-11/h4-8,13,17H,3,9H2,1-2H3. The van der Waals surface area contributed by atoms with Gasteiger partial charge in [-0.3, -0.25) is 4.68 Å². The second-order valence-electron chi connectivity index (χ2n) is 4.17. The summed E-state index contributed by atoms with van der Waals surface area (Å²) < 4.78 is 7.21. The van der Waals surface area contributed by atoms with Crippen molar-refractivity contribution in [2.24, 2.45) is 7.05 Å². The third kappa shape index (κ3) is 3.07. The minimum absolute atomic E-state index is 0.392. The fourth-order valence-electron chi connectivity index (χ4n) is 1.64. The minimum atomic E-state index is -0.404. The molecule has 1 aromatic carbocycles. The number of rotatable bonds is 5. The summed E-state index contributed by atoms with van der Waals surface area (Å²) in [5, 5.41) is 17.4. The van der Waals surface area contributed by atoms with Crippen molar-refractivity contribution in [3.8, 4) is 5.75 Å². The summed E-state index contributed by atoms with van der Waals surface area (Å²) in [5.74, 6) is 0.757. The van der Waals surface area contributed by atoms with Crippen LogP contribution in [0, 0.1) is 0 Å². The van der Waals surface area contributed by atoms with Crippen LogP contribution in [0.2, 0.25) is 0 Å². The maximum atomic E-state index is 9.67. The summed E-state index contributed by atoms with van der Waals surface area (Å²) in [6.45, 7) is 2.34. The molecule has 0 radical (unpaired) electrons. The molecule has 1 heterocycles. The van der Waals surface area contributed by atoms with Crippen LogP contribution in [0.25, 0.3) is 0 Å². The fraction of sp³-hybridized carbons (Fsp3) is 0.385. The molecule has 1 unspecified atom stereocenters. The first-order chi connectivity index (χ1) is 8.69. The van der Waals surface area contributed by atoms with Gasteiger partial charge in [-0.15, -0.1) is 5.10 Å². The van der Waals surface area contributed by atoms with Crippen molar-refractivity contribution in [1.82, 2.24) is 15.0 Å². The Morgan fingerprint density at radius 2 is 2.06 bits per heavy atom. The van der Waals surface area contributed by atoms with Crippen LogP contribution in [-0.2, 0) is 13.7 Å². The molecule has 0 saturated heterocycles. The van der Waals surface area contributed by atoms with E-state index in [1.165, 1.54) is 0 Å². The van der Waals surface area contributed by atoms with E-state index in [9.17, 15) is 5.11 Å². The summed E-state index contributed by atoms with van der Waals surface area (Å²) in [6, 6.07) is 7.45. The van der Waals surface area contributed by atoms with Crippen LogP contribution in [0.15, 0.2) is 30.5 Å². The van der Waals surface area contributed by atoms with Gasteiger partial charge in [0, 0.05) is 7.05 Å². The molecule has 1 atom stereocenters. The molecular weight excluding hydrogens is 230 g/mol. The molecule has 18 heavy (non-hydrogen) atoms. The van der Waals surface area contributed by atoms with E-state index >= 15 is 0 Å². The lowest BCUT2D eigenvalue weighted by atomic mass is 10.1. The Labute approximate surface area is 106 Å². The number of nitrogens with zero attached hydrogens (tertiary/aromatic N) is 3. The highest BCUT2D eigenvalue weighted by molar-refractivity contribution is 5.28. The van der Waals surface area contributed by atoms with Crippen LogP contribution >= 0.6 is 0 Å². The second-order valence-corrected chi connectivity index (χ2v) is 4.17. The SMILES string of the molecule is CCC(O)c1ccc(OCc2cn(C)nn2)cc1. The lowest BCUT2D eigenvalue weighted by Gasteiger charge is -2.09. The highest BCUT2D eigenvalue weighted by Crippen LogP contribution is 2.20. The van der Waals surface area contributed by atoms with Gasteiger partial charge in [0.2, 0.25) is 0 Å². The number of aliphatic hydroxyl groups excluding tert-OH is 1. The van der Waals surface area contributed by atoms with Crippen molar-refractivity contribution in [3.05, 3.63) is 41.7 Å². The molecule has 5 nitrogen and oxygen atoms in total. The van der Waals surface area contributed by atoms with Crippen molar-refractivity contribution >= 4 is 0 Å². The summed E-state index contributed by atoms with van der Waals surface area (Å²) >= 11 is 0. The molecule has 0 amide bonds. The smallest absolute Gasteiger partial charge is 0.134 e. The molecule has 1 aromatic heterocycles. The van der Waals surface area contributed by atoms with Crippen molar-refractivity contribution < 1.29 is 9.84 Å². The van der Waals surface area contributed by atoms with Gasteiger partial charge in [0.1, 0.15) is 18.1 Å². The van der Waals surface area contributed by atoms with E-state index < -0.39 is 6.10 Å². The Morgan fingerprint density at radius 1 is 1.33 bits per heavy atom. The maximum Gasteiger partial charge on any atom is 0.134 e. The molecule has 0 aliphatic rings. The number of aromatic nitrogens is 3. The average Bonchev–Trinajstić information content (AvgIpc) is 2.82. The zero-order valence-electron chi connectivity index (χ0n) is 10.6. The maximum absolute atomic E-state index is 9.67. The van der Waals surface area contributed by atoms with E-state index in [1.807, 2.05) is 44.4 Å². The van der Waals surface area contributed by atoms with Gasteiger partial charge in [0.25, 0.3) is 0 Å². The Kier molecular flexibility index (Phi) is 3.94. The van der Waals surface area contributed by atoms with Gasteiger partial charge < -0.3 is 9.84 Å². The molecular formula is C13H17N3O2. The Hall–Kier alpha value is -1.88. The molecule has 5 heteroatoms. The topological polar surface area (TPSA) is 60.2 Å². The van der Waals surface area contributed by atoms with E-state index in [-0.39, 0.29) is 0 Å². The summed E-state index contributed by atoms with van der Waals surface area (Å²) in [7, 11) is 1.82. The molecule has 1 N–H and O–H groups in total. The third-order valence-electron chi connectivity index (χ3n) is 2.69. The molecule has 0 aliphatic carbocycles. The Balaban J connectivity index is 1.94. The van der Waals surface area contributed by atoms with Crippen molar-refractivity contribution in [3.63, 3.8) is 0 Å². The number of hydrogen-bond donors (Lipinski definition) is 1. The molecule has 0 saturated carbocycles. The summed E-state index contributed by atoms with van der Waals surface area (Å²) in [4.78, 5) is 0. The van der Waals surface area contributed by atoms with E-state index in [4.69, 9.17) is 4.74 Å². The van der Waals surface area contributed by atoms with E-state index in [0.717, 1.165) is 17.0 Å². The molecule has 2 aromatic rings. The van der Waals surface area contributed by atoms with Crippen LogP contribution in [0.3, 0.4) is 0 Å². The molecule has 0 bridgehead atoms. The number of aryl methyl sites for hydroxylation is 1. The van der Waals surface area contributed by atoms with Crippen molar-refractivity contribution in [2.75, 3.05) is 0 Å². The highest BCUT2D eigenvalue weighted by Gasteiger charge is 2.05. The zero-order chi connectivity index (χ0) is 13.0. The van der Waals surface area contributed by atoms with E-state index in [2.05, 4.69) is 10.3 Å². The molecule has 96 valence electrons. The highest BCUT2D eigenvalue weighted by atomic mass is 16.5. The van der Waals surface area contributed by atoms with E-state index in [0.29, 0.717) is 13.0 Å². The Morgan fingerprint density at radius 3 is 2.61 bits per heavy atom. The second kappa shape index (κ2) is 5.64. The van der Waals surface area contributed by atoms with E-state index in [1.54, 1.807) is 4.68 Å². The van der Waals surface area contributed by atoms with Crippen LogP contribution in [0.4, 0.5) is 0 Å². The van der Waals surface area contributed by atoms with Crippen LogP contribution in [-0.4, -0.2) is 20.1 Å². The van der Waals surface area contributed by atoms with Gasteiger partial charge in [-0.05, 0) is 24.1 Å². The summed E-state index contributed by atoms with van der Waals surface area (Å²) in [6.07, 6.45) is 2.12. The summed E-state index contributed by atoms with van der Waals surface area (Å²) in [5.41, 5.74) is 1.69. The van der Waals surface area contributed by atoms with Gasteiger partial charge in [-0.2, -0.15) is 0 Å². The van der Waals surface area contributed by atoms with Crippen LogP contribution in [0.1, 0.15) is 30.7 Å². The minimum Gasteiger partial charge on any atom is -0.487 e. The van der Waals surface area contributed by atoms with Crippen LogP contribution < -0.4 is 4.74 Å². The normalized spacial score (nSPS) is 12.4. The first kappa shape index (κ1) is 12.6. The predicted molar refractivity (Wildman–Crippen MR) is 67.0 cm³/mol. The van der Waals surface area contributed by atoms with Gasteiger partial charge in [-0.1, -0.05) is 24.3 Å². The Bertz CT molecular complexity index is 493. The number of aliphatic hydroxyl groups is 1. The third-order valence-corrected chi connectivity index (χ3v) is 2.69. The zero-order valence-corrected chi connectivity index (χ0v) is 10.6. The van der Waals surface area contributed by atoms with Gasteiger partial charge in [0.15, 0.2) is 0 Å². The number of hydrogen-bond acceptors (Lipinski definition) is 4. The lowest BCUT2D eigenvalue weighted by molar-refractivity contribution is 0.173. The quantitative estimate of drug-likeness (QED) is 0.875. The monoisotopic (exact) mass is 247 g/mol. The first-order valence-electron chi connectivity index (χ1n) is 5.95. The number of benzene rings is 1. The first-order valence-corrected chi connectivity index (χ1v) is 5.95. The molecule has 0 aliphatic heterocycles. The molecule has 0 spiro atoms. The number of ether oxygens (including phenoxy) is 1. The fourth-order valence-corrected chi connectivity index (χ4v) is 1.64. The van der Waals surface area contributed by atoms with Gasteiger partial charge in [0.05, 0.1) is 12.3 Å². The largest absolute Gasteiger partial charge is 0.487 e. The molecule has 2 rings (SSSR count). The van der Waals surface area contributed by atoms with Crippen LogP contribution in [0.5, 0.6) is 5.75 Å².